The van der Waals surface area contributed by atoms with Crippen LogP contribution in [0.3, 0.4) is 0 Å². The van der Waals surface area contributed by atoms with Crippen LogP contribution in [0.25, 0.3) is 10.8 Å². The van der Waals surface area contributed by atoms with E-state index < -0.39 is 5.91 Å². The second-order valence-electron chi connectivity index (χ2n) is 6.57. The van der Waals surface area contributed by atoms with Crippen LogP contribution in [0.2, 0.25) is 0 Å². The molecule has 0 spiro atoms. The molecule has 0 atom stereocenters. The minimum absolute atomic E-state index is 0.0895. The molecule has 0 aliphatic rings. The van der Waals surface area contributed by atoms with Gasteiger partial charge in [0.25, 0.3) is 5.91 Å². The average Bonchev–Trinajstić information content (AvgIpc) is 3.11. The van der Waals surface area contributed by atoms with Crippen LogP contribution in [-0.2, 0) is 6.54 Å². The summed E-state index contributed by atoms with van der Waals surface area (Å²) in [5, 5.41) is 20.3. The zero-order valence-corrected chi connectivity index (χ0v) is 18.8. The highest BCUT2D eigenvalue weighted by Gasteiger charge is 2.15. The van der Waals surface area contributed by atoms with E-state index in [4.69, 9.17) is 0 Å². The molecule has 0 fully saturated rings. The number of hydrazone groups is 1. The Bertz CT molecular complexity index is 1250. The number of aromatic hydroxyl groups is 1. The van der Waals surface area contributed by atoms with Crippen molar-refractivity contribution in [1.29, 1.82) is 0 Å². The molecule has 6 nitrogen and oxygen atoms in total. The minimum Gasteiger partial charge on any atom is -0.507 e. The first-order valence-corrected chi connectivity index (χ1v) is 10.6. The number of hydrogen-bond acceptors (Lipinski definition) is 4. The van der Waals surface area contributed by atoms with Gasteiger partial charge < -0.3 is 5.11 Å². The molecule has 30 heavy (non-hydrogen) atoms. The number of phenols is 1. The molecule has 1 amide bonds. The van der Waals surface area contributed by atoms with Gasteiger partial charge in [-0.25, -0.2) is 5.43 Å². The van der Waals surface area contributed by atoms with Crippen LogP contribution in [0.1, 0.15) is 21.6 Å². The third-order valence-electron chi connectivity index (χ3n) is 4.50. The standard InChI is InChI=1S/C22H16Br2N4O2/c23-16-8-5-14(6-9-16)12-28-13-19(24)21(27-28)22(30)26-25-11-18-17-4-2-1-3-15(17)7-10-20(18)29/h1-11,13,29H,12H2,(H,26,30). The zero-order valence-electron chi connectivity index (χ0n) is 15.6. The average molecular weight is 528 g/mol. The molecule has 4 aromatic rings. The van der Waals surface area contributed by atoms with Gasteiger partial charge in [0.2, 0.25) is 0 Å². The quantitative estimate of drug-likeness (QED) is 0.280. The maximum Gasteiger partial charge on any atom is 0.293 e. The molecule has 3 aromatic carbocycles. The fourth-order valence-electron chi connectivity index (χ4n) is 3.04. The lowest BCUT2D eigenvalue weighted by Gasteiger charge is -2.04. The van der Waals surface area contributed by atoms with E-state index in [1.165, 1.54) is 6.21 Å². The molecule has 0 saturated carbocycles. The van der Waals surface area contributed by atoms with Gasteiger partial charge in [-0.05, 0) is 50.5 Å². The van der Waals surface area contributed by atoms with Crippen molar-refractivity contribution in [3.8, 4) is 5.75 Å². The lowest BCUT2D eigenvalue weighted by atomic mass is 10.0. The second kappa shape index (κ2) is 8.81. The lowest BCUT2D eigenvalue weighted by Crippen LogP contribution is -2.19. The number of aromatic nitrogens is 2. The number of benzene rings is 3. The summed E-state index contributed by atoms with van der Waals surface area (Å²) in [5.41, 5.74) is 4.30. The number of amides is 1. The summed E-state index contributed by atoms with van der Waals surface area (Å²) in [7, 11) is 0. The van der Waals surface area contributed by atoms with Crippen LogP contribution in [0, 0.1) is 0 Å². The molecule has 0 bridgehead atoms. The summed E-state index contributed by atoms with van der Waals surface area (Å²) < 4.78 is 3.26. The van der Waals surface area contributed by atoms with E-state index in [9.17, 15) is 9.90 Å². The van der Waals surface area contributed by atoms with Gasteiger partial charge in [0.15, 0.2) is 5.69 Å². The van der Waals surface area contributed by atoms with Crippen LogP contribution in [0.15, 0.2) is 80.9 Å². The van der Waals surface area contributed by atoms with Crippen LogP contribution in [0.5, 0.6) is 5.75 Å². The summed E-state index contributed by atoms with van der Waals surface area (Å²) in [5.74, 6) is -0.362. The molecule has 150 valence electrons. The first kappa shape index (κ1) is 20.3. The zero-order chi connectivity index (χ0) is 21.1. The molecule has 0 aliphatic heterocycles. The highest BCUT2D eigenvalue weighted by atomic mass is 79.9. The third-order valence-corrected chi connectivity index (χ3v) is 5.61. The van der Waals surface area contributed by atoms with Gasteiger partial charge in [0.05, 0.1) is 17.2 Å². The van der Waals surface area contributed by atoms with E-state index in [1.807, 2.05) is 54.6 Å². The maximum atomic E-state index is 12.5. The fourth-order valence-corrected chi connectivity index (χ4v) is 3.80. The number of halogens is 2. The predicted molar refractivity (Wildman–Crippen MR) is 124 cm³/mol. The largest absolute Gasteiger partial charge is 0.507 e. The van der Waals surface area contributed by atoms with E-state index in [0.29, 0.717) is 16.6 Å². The Labute approximate surface area is 189 Å². The number of nitrogens with one attached hydrogen (secondary N) is 1. The van der Waals surface area contributed by atoms with Gasteiger partial charge in [0, 0.05) is 16.2 Å². The Balaban J connectivity index is 1.49. The minimum atomic E-state index is -0.451. The molecule has 4 rings (SSSR count). The van der Waals surface area contributed by atoms with E-state index in [-0.39, 0.29) is 11.4 Å². The van der Waals surface area contributed by atoms with Crippen LogP contribution < -0.4 is 5.43 Å². The van der Waals surface area contributed by atoms with Crippen LogP contribution >= 0.6 is 31.9 Å². The number of carbonyl (C=O) groups excluding carboxylic acids is 1. The van der Waals surface area contributed by atoms with E-state index >= 15 is 0 Å². The number of carbonyl (C=O) groups is 1. The lowest BCUT2D eigenvalue weighted by molar-refractivity contribution is 0.0948. The summed E-state index contributed by atoms with van der Waals surface area (Å²) in [4.78, 5) is 12.5. The number of rotatable bonds is 5. The van der Waals surface area contributed by atoms with Crippen molar-refractivity contribution in [2.75, 3.05) is 0 Å². The number of fused-ring (bicyclic) bond motifs is 1. The number of hydrogen-bond donors (Lipinski definition) is 2. The van der Waals surface area contributed by atoms with Crippen molar-refractivity contribution >= 4 is 54.8 Å². The third kappa shape index (κ3) is 4.44. The Morgan fingerprint density at radius 2 is 1.87 bits per heavy atom. The highest BCUT2D eigenvalue weighted by Crippen LogP contribution is 2.25. The maximum absolute atomic E-state index is 12.5. The summed E-state index contributed by atoms with van der Waals surface area (Å²) in [6.45, 7) is 0.534. The first-order valence-electron chi connectivity index (χ1n) is 9.03. The van der Waals surface area contributed by atoms with E-state index in [2.05, 4.69) is 47.5 Å². The fraction of sp³-hybridized carbons (Fsp3) is 0.0455. The Morgan fingerprint density at radius 1 is 1.10 bits per heavy atom. The topological polar surface area (TPSA) is 79.5 Å². The van der Waals surface area contributed by atoms with Crippen molar-refractivity contribution < 1.29 is 9.90 Å². The highest BCUT2D eigenvalue weighted by molar-refractivity contribution is 9.10. The molecular formula is C22H16Br2N4O2. The van der Waals surface area contributed by atoms with Crippen molar-refractivity contribution in [1.82, 2.24) is 15.2 Å². The van der Waals surface area contributed by atoms with Gasteiger partial charge in [-0.15, -0.1) is 0 Å². The summed E-state index contributed by atoms with van der Waals surface area (Å²) >= 11 is 6.79. The molecule has 8 heteroatoms. The number of phenolic OH excluding ortho intramolecular Hbond substituents is 1. The molecule has 0 radical (unpaired) electrons. The van der Waals surface area contributed by atoms with Gasteiger partial charge in [-0.1, -0.05) is 58.4 Å². The van der Waals surface area contributed by atoms with Crippen molar-refractivity contribution in [2.24, 2.45) is 5.10 Å². The van der Waals surface area contributed by atoms with Crippen LogP contribution in [0.4, 0.5) is 0 Å². The van der Waals surface area contributed by atoms with Crippen molar-refractivity contribution in [3.05, 3.63) is 92.6 Å². The van der Waals surface area contributed by atoms with E-state index in [0.717, 1.165) is 20.8 Å². The predicted octanol–water partition coefficient (Wildman–Crippen LogP) is 5.08. The Kier molecular flexibility index (Phi) is 5.96. The van der Waals surface area contributed by atoms with Gasteiger partial charge in [-0.3, -0.25) is 9.48 Å². The Morgan fingerprint density at radius 3 is 2.67 bits per heavy atom. The smallest absolute Gasteiger partial charge is 0.293 e. The molecule has 0 aliphatic carbocycles. The summed E-state index contributed by atoms with van der Waals surface area (Å²) in [6, 6.07) is 19.0. The molecule has 2 N–H and O–H groups in total. The normalized spacial score (nSPS) is 11.3. The number of nitrogens with zero attached hydrogens (tertiary/aromatic N) is 3. The molecule has 0 saturated heterocycles. The van der Waals surface area contributed by atoms with E-state index in [1.54, 1.807) is 16.9 Å². The summed E-state index contributed by atoms with van der Waals surface area (Å²) in [6.07, 6.45) is 3.18. The molecule has 1 aromatic heterocycles. The van der Waals surface area contributed by atoms with Crippen LogP contribution in [-0.4, -0.2) is 27.0 Å². The van der Waals surface area contributed by atoms with Gasteiger partial charge in [-0.2, -0.15) is 10.2 Å². The second-order valence-corrected chi connectivity index (χ2v) is 8.34. The van der Waals surface area contributed by atoms with Crippen molar-refractivity contribution in [3.63, 3.8) is 0 Å². The monoisotopic (exact) mass is 526 g/mol. The molecule has 1 heterocycles. The van der Waals surface area contributed by atoms with Gasteiger partial charge >= 0.3 is 0 Å². The van der Waals surface area contributed by atoms with Gasteiger partial charge in [0.1, 0.15) is 5.75 Å². The molecule has 0 unspecified atom stereocenters. The first-order chi connectivity index (χ1) is 14.5. The Hall–Kier alpha value is -2.97. The SMILES string of the molecule is O=C(NN=Cc1c(O)ccc2ccccc12)c1nn(Cc2ccc(Br)cc2)cc1Br. The molecular weight excluding hydrogens is 512 g/mol. The van der Waals surface area contributed by atoms with Crippen molar-refractivity contribution in [2.45, 2.75) is 6.54 Å².